The summed E-state index contributed by atoms with van der Waals surface area (Å²) in [6.45, 7) is 5.13. The molecule has 258 valence electrons. The smallest absolute Gasteiger partial charge is 0.320 e. The fourth-order valence-corrected chi connectivity index (χ4v) is 9.37. The summed E-state index contributed by atoms with van der Waals surface area (Å²) >= 11 is 1.61. The number of carbonyl (C=O) groups excluding carboxylic acids is 4. The number of fused-ring (bicyclic) bond motifs is 4. The number of carbonyl (C=O) groups is 4. The zero-order valence-corrected chi connectivity index (χ0v) is 27.7. The molecule has 8 rings (SSSR count). The third kappa shape index (κ3) is 6.85. The van der Waals surface area contributed by atoms with Crippen molar-refractivity contribution in [3.63, 3.8) is 0 Å². The van der Waals surface area contributed by atoms with Crippen LogP contribution in [0.3, 0.4) is 0 Å². The predicted octanol–water partition coefficient (Wildman–Crippen LogP) is 1.86. The molecule has 1 aliphatic carbocycles. The molecule has 6 aliphatic heterocycles. The molecule has 0 aromatic carbocycles. The molecule has 5 fully saturated rings. The quantitative estimate of drug-likeness (QED) is 0.490. The van der Waals surface area contributed by atoms with Crippen molar-refractivity contribution in [3.05, 3.63) is 15.6 Å². The Bertz CT molecular complexity index is 1370. The Labute approximate surface area is 277 Å². The number of aromatic nitrogens is 1. The average Bonchev–Trinajstić information content (AvgIpc) is 3.78. The minimum Gasteiger partial charge on any atom is -0.378 e. The van der Waals surface area contributed by atoms with Gasteiger partial charge in [0.25, 0.3) is 0 Å². The van der Waals surface area contributed by atoms with Crippen LogP contribution in [-0.4, -0.2) is 137 Å². The Morgan fingerprint density at radius 1 is 0.957 bits per heavy atom. The number of morpholine rings is 1. The topological polar surface area (TPSA) is 127 Å². The molecule has 2 N–H and O–H groups in total. The highest BCUT2D eigenvalue weighted by Gasteiger charge is 2.49. The van der Waals surface area contributed by atoms with Gasteiger partial charge in [0.05, 0.1) is 30.3 Å². The number of hydrogen-bond acceptors (Lipinski definition) is 8. The van der Waals surface area contributed by atoms with Gasteiger partial charge in [-0.05, 0) is 45.4 Å². The van der Waals surface area contributed by atoms with Gasteiger partial charge < -0.3 is 35.0 Å². The third-order valence-corrected chi connectivity index (χ3v) is 12.1. The number of urea groups is 1. The summed E-state index contributed by atoms with van der Waals surface area (Å²) in [5, 5.41) is 7.58. The summed E-state index contributed by atoms with van der Waals surface area (Å²) in [6.07, 6.45) is 2.57. The van der Waals surface area contributed by atoms with E-state index in [0.29, 0.717) is 58.7 Å². The minimum atomic E-state index is -2.65. The van der Waals surface area contributed by atoms with Crippen molar-refractivity contribution in [2.24, 2.45) is 0 Å². The number of ether oxygens (including phenoxy) is 1. The molecule has 4 atom stereocenters. The second-order valence-corrected chi connectivity index (χ2v) is 15.4. The van der Waals surface area contributed by atoms with E-state index in [4.69, 9.17) is 9.72 Å². The summed E-state index contributed by atoms with van der Waals surface area (Å²) in [4.78, 5) is 68.6. The van der Waals surface area contributed by atoms with E-state index in [1.165, 1.54) is 0 Å². The van der Waals surface area contributed by atoms with Crippen LogP contribution < -0.4 is 10.6 Å². The monoisotopic (exact) mass is 677 g/mol. The lowest BCUT2D eigenvalue weighted by atomic mass is 9.91. The Kier molecular flexibility index (Phi) is 9.15. The lowest BCUT2D eigenvalue weighted by Crippen LogP contribution is -2.56. The van der Waals surface area contributed by atoms with Gasteiger partial charge in [-0.2, -0.15) is 0 Å². The molecule has 0 spiro atoms. The first kappa shape index (κ1) is 32.6. The highest BCUT2D eigenvalue weighted by atomic mass is 32.1. The van der Waals surface area contributed by atoms with Crippen molar-refractivity contribution in [3.8, 4) is 0 Å². The van der Waals surface area contributed by atoms with E-state index in [0.717, 1.165) is 28.4 Å². The minimum absolute atomic E-state index is 0.106. The molecule has 7 aliphatic rings. The number of amides is 5. The first-order chi connectivity index (χ1) is 22.5. The molecule has 4 saturated heterocycles. The Morgan fingerprint density at radius 2 is 1.68 bits per heavy atom. The SMILES string of the molecule is Cc1sc2nc1CC(=O)N[C@@H]1C[C@@H](C(=O)N3C[C@@H](NC4CCC(F)(F)CC4)C[C@H]3C(=O)N3CCC2CC3)N(C(=O)N2CCOCC2)C1. The molecule has 1 aromatic heterocycles. The number of halogens is 2. The second-order valence-electron chi connectivity index (χ2n) is 14.1. The van der Waals surface area contributed by atoms with E-state index < -0.39 is 24.0 Å². The number of likely N-dealkylation sites (tertiary alicyclic amines) is 1. The van der Waals surface area contributed by atoms with E-state index in [2.05, 4.69) is 10.6 Å². The van der Waals surface area contributed by atoms with Crippen molar-refractivity contribution in [2.45, 2.75) is 107 Å². The van der Waals surface area contributed by atoms with E-state index in [-0.39, 0.29) is 80.5 Å². The zero-order valence-electron chi connectivity index (χ0n) is 26.9. The van der Waals surface area contributed by atoms with Crippen LogP contribution >= 0.6 is 11.3 Å². The molecule has 0 unspecified atom stereocenters. The molecule has 1 saturated carbocycles. The van der Waals surface area contributed by atoms with Crippen molar-refractivity contribution >= 4 is 35.1 Å². The number of alkyl halides is 2. The van der Waals surface area contributed by atoms with Gasteiger partial charge in [0.1, 0.15) is 12.1 Å². The molecule has 12 nitrogen and oxygen atoms in total. The molecule has 0 radical (unpaired) electrons. The first-order valence-electron chi connectivity index (χ1n) is 17.2. The Morgan fingerprint density at radius 3 is 2.40 bits per heavy atom. The van der Waals surface area contributed by atoms with Crippen molar-refractivity contribution in [1.82, 2.24) is 35.2 Å². The maximum Gasteiger partial charge on any atom is 0.320 e. The Balaban J connectivity index is 1.18. The van der Waals surface area contributed by atoms with Gasteiger partial charge in [0.2, 0.25) is 23.6 Å². The van der Waals surface area contributed by atoms with Crippen LogP contribution in [-0.2, 0) is 25.5 Å². The van der Waals surface area contributed by atoms with Crippen LogP contribution in [0, 0.1) is 6.92 Å². The fraction of sp³-hybridized carbons (Fsp3) is 0.781. The van der Waals surface area contributed by atoms with Gasteiger partial charge in [0.15, 0.2) is 0 Å². The highest BCUT2D eigenvalue weighted by molar-refractivity contribution is 7.11. The van der Waals surface area contributed by atoms with Crippen LogP contribution in [0.1, 0.15) is 72.9 Å². The molecule has 1 aromatic rings. The standard InChI is InChI=1S/C32H45F2N7O5S/c1-19-24-16-27(42)36-23-15-26(41(18-23)31(45)39-10-12-46-13-11-39)30(44)40-17-22(35-21-2-6-32(33,34)7-3-21)14-25(40)29(43)38-8-4-20(5-9-38)28(37-24)47-19/h20-23,25-26,35H,2-18H2,1H3,(H,36,42)/t22-,23+,25-,26-/m0/s1. The molecular weight excluding hydrogens is 632 g/mol. The largest absolute Gasteiger partial charge is 0.378 e. The van der Waals surface area contributed by atoms with Gasteiger partial charge >= 0.3 is 6.03 Å². The number of piperidine rings is 1. The van der Waals surface area contributed by atoms with Crippen molar-refractivity contribution in [1.29, 1.82) is 0 Å². The van der Waals surface area contributed by atoms with Gasteiger partial charge in [0, 0.05) is 81.0 Å². The molecule has 47 heavy (non-hydrogen) atoms. The van der Waals surface area contributed by atoms with E-state index in [9.17, 15) is 28.0 Å². The summed E-state index contributed by atoms with van der Waals surface area (Å²) in [6, 6.07) is -2.63. The summed E-state index contributed by atoms with van der Waals surface area (Å²) in [5.74, 6) is -3.06. The van der Waals surface area contributed by atoms with Crippen LogP contribution in [0.5, 0.6) is 0 Å². The fourth-order valence-electron chi connectivity index (χ4n) is 8.27. The molecule has 15 heteroatoms. The molecule has 7 heterocycles. The molecule has 5 amide bonds. The van der Waals surface area contributed by atoms with Gasteiger partial charge in [-0.3, -0.25) is 14.4 Å². The number of nitrogens with one attached hydrogen (secondary N) is 2. The average molecular weight is 678 g/mol. The Hall–Kier alpha value is -2.91. The van der Waals surface area contributed by atoms with Crippen LogP contribution in [0.2, 0.25) is 0 Å². The van der Waals surface area contributed by atoms with E-state index >= 15 is 0 Å². The van der Waals surface area contributed by atoms with E-state index in [1.54, 1.807) is 26.0 Å². The molecular formula is C32H45F2N7O5S. The van der Waals surface area contributed by atoms with Crippen LogP contribution in [0.4, 0.5) is 13.6 Å². The number of aryl methyl sites for hydroxylation is 1. The van der Waals surface area contributed by atoms with Crippen molar-refractivity contribution < 1.29 is 32.7 Å². The van der Waals surface area contributed by atoms with Gasteiger partial charge in [-0.15, -0.1) is 11.3 Å². The zero-order chi connectivity index (χ0) is 32.9. The number of thiazole rings is 1. The normalized spacial score (nSPS) is 30.9. The lowest BCUT2D eigenvalue weighted by molar-refractivity contribution is -0.146. The number of rotatable bonds is 2. The third-order valence-electron chi connectivity index (χ3n) is 10.9. The highest BCUT2D eigenvalue weighted by Crippen LogP contribution is 2.36. The number of nitrogens with zero attached hydrogens (tertiary/aromatic N) is 5. The summed E-state index contributed by atoms with van der Waals surface area (Å²) in [7, 11) is 0. The van der Waals surface area contributed by atoms with E-state index in [1.807, 2.05) is 11.8 Å². The van der Waals surface area contributed by atoms with Crippen LogP contribution in [0.15, 0.2) is 0 Å². The van der Waals surface area contributed by atoms with Gasteiger partial charge in [-0.1, -0.05) is 0 Å². The number of hydrogen-bond donors (Lipinski definition) is 2. The lowest BCUT2D eigenvalue weighted by Gasteiger charge is -2.37. The van der Waals surface area contributed by atoms with Crippen molar-refractivity contribution in [2.75, 3.05) is 52.5 Å². The summed E-state index contributed by atoms with van der Waals surface area (Å²) in [5.41, 5.74) is 0.748. The van der Waals surface area contributed by atoms with Crippen LogP contribution in [0.25, 0.3) is 0 Å². The first-order valence-corrected chi connectivity index (χ1v) is 18.0. The predicted molar refractivity (Wildman–Crippen MR) is 168 cm³/mol. The second kappa shape index (κ2) is 13.2. The maximum absolute atomic E-state index is 14.6. The summed E-state index contributed by atoms with van der Waals surface area (Å²) < 4.78 is 33.2. The molecule has 6 bridgehead atoms. The maximum atomic E-state index is 14.6. The van der Waals surface area contributed by atoms with Gasteiger partial charge in [-0.25, -0.2) is 18.6 Å².